The van der Waals surface area contributed by atoms with E-state index in [9.17, 15) is 0 Å². The molecule has 9 aromatic rings. The van der Waals surface area contributed by atoms with Crippen LogP contribution in [0.2, 0.25) is 0 Å². The van der Waals surface area contributed by atoms with E-state index in [1.54, 1.807) is 0 Å². The number of benzene rings is 8. The van der Waals surface area contributed by atoms with Crippen molar-refractivity contribution < 1.29 is 4.42 Å². The summed E-state index contributed by atoms with van der Waals surface area (Å²) in [5.74, 6) is 0. The molecule has 2 heteroatoms. The molecule has 0 aliphatic heterocycles. The number of hydrogen-bond acceptors (Lipinski definition) is 2. The lowest BCUT2D eigenvalue weighted by Gasteiger charge is -2.30. The first-order valence-corrected chi connectivity index (χ1v) is 18.2. The zero-order valence-corrected chi connectivity index (χ0v) is 29.8. The van der Waals surface area contributed by atoms with Gasteiger partial charge in [0, 0.05) is 33.2 Å². The number of para-hydroxylation sites is 3. The van der Waals surface area contributed by atoms with Gasteiger partial charge in [-0.15, -0.1) is 0 Å². The van der Waals surface area contributed by atoms with Gasteiger partial charge in [0.2, 0.25) is 0 Å². The minimum absolute atomic E-state index is 0.872. The number of anilines is 3. The second kappa shape index (κ2) is 14.1. The minimum Gasteiger partial charge on any atom is -0.455 e. The SMILES string of the molecule is C=C/C=C(\C=C)c1ccc(N(c2ccccc2-c2ccccc2)c2ccccc2-c2cccc3c2oc2cc4ccccc4cc23)cc1-c1ccccc1. The van der Waals surface area contributed by atoms with Crippen LogP contribution in [0.25, 0.3) is 71.7 Å². The van der Waals surface area contributed by atoms with E-state index in [1.807, 2.05) is 18.2 Å². The number of nitrogens with zero attached hydrogens (tertiary/aromatic N) is 1. The molecule has 9 rings (SSSR count). The van der Waals surface area contributed by atoms with Crippen LogP contribution in [0.1, 0.15) is 5.56 Å². The van der Waals surface area contributed by atoms with E-state index >= 15 is 0 Å². The van der Waals surface area contributed by atoms with Gasteiger partial charge < -0.3 is 9.32 Å². The summed E-state index contributed by atoms with van der Waals surface area (Å²) in [6, 6.07) is 64.6. The fraction of sp³-hybridized carbons (Fsp3) is 0. The molecule has 54 heavy (non-hydrogen) atoms. The maximum absolute atomic E-state index is 6.80. The first kappa shape index (κ1) is 32.7. The Morgan fingerprint density at radius 1 is 0.481 bits per heavy atom. The van der Waals surface area contributed by atoms with E-state index in [0.717, 1.165) is 88.9 Å². The average molecular weight is 692 g/mol. The largest absolute Gasteiger partial charge is 0.455 e. The number of furan rings is 1. The third-order valence-electron chi connectivity index (χ3n) is 10.2. The first-order chi connectivity index (χ1) is 26.7. The van der Waals surface area contributed by atoms with E-state index in [-0.39, 0.29) is 0 Å². The van der Waals surface area contributed by atoms with E-state index < -0.39 is 0 Å². The van der Waals surface area contributed by atoms with Crippen LogP contribution in [-0.2, 0) is 0 Å². The Morgan fingerprint density at radius 2 is 1.07 bits per heavy atom. The molecular formula is C52H37NO. The summed E-state index contributed by atoms with van der Waals surface area (Å²) in [6.45, 7) is 8.14. The Bertz CT molecular complexity index is 2860. The van der Waals surface area contributed by atoms with Crippen molar-refractivity contribution in [2.75, 3.05) is 4.90 Å². The second-order valence-electron chi connectivity index (χ2n) is 13.4. The van der Waals surface area contributed by atoms with Gasteiger partial charge in [-0.2, -0.15) is 0 Å². The van der Waals surface area contributed by atoms with Crippen LogP contribution >= 0.6 is 0 Å². The predicted molar refractivity (Wildman–Crippen MR) is 231 cm³/mol. The van der Waals surface area contributed by atoms with Gasteiger partial charge in [-0.3, -0.25) is 0 Å². The highest BCUT2D eigenvalue weighted by molar-refractivity contribution is 6.14. The van der Waals surface area contributed by atoms with Gasteiger partial charge in [-0.1, -0.05) is 177 Å². The van der Waals surface area contributed by atoms with E-state index in [4.69, 9.17) is 4.42 Å². The van der Waals surface area contributed by atoms with E-state index in [1.165, 1.54) is 5.39 Å². The Labute approximate surface area is 315 Å². The molecule has 0 aliphatic carbocycles. The lowest BCUT2D eigenvalue weighted by Crippen LogP contribution is -2.13. The second-order valence-corrected chi connectivity index (χ2v) is 13.4. The molecule has 0 aliphatic rings. The average Bonchev–Trinajstić information content (AvgIpc) is 3.60. The summed E-state index contributed by atoms with van der Waals surface area (Å²) in [5, 5.41) is 4.57. The van der Waals surface area contributed by atoms with Gasteiger partial charge in [0.05, 0.1) is 11.4 Å². The number of hydrogen-bond donors (Lipinski definition) is 0. The Hall–Kier alpha value is -7.16. The quantitative estimate of drug-likeness (QED) is 0.140. The van der Waals surface area contributed by atoms with Crippen LogP contribution in [-0.4, -0.2) is 0 Å². The van der Waals surface area contributed by atoms with E-state index in [0.29, 0.717) is 0 Å². The van der Waals surface area contributed by atoms with Crippen LogP contribution < -0.4 is 4.90 Å². The molecular weight excluding hydrogens is 655 g/mol. The molecule has 0 spiro atoms. The molecule has 1 aromatic heterocycles. The molecule has 0 amide bonds. The standard InChI is InChI=1S/C52H37NO/c1-3-18-36(4-2)42-32-31-41(35-47(42)38-21-9-6-10-22-38)53(49-29-15-13-25-43(49)37-19-7-5-8-20-37)50-30-16-14-26-44(50)45-27-17-28-46-48-33-39-23-11-12-24-40(39)34-51(48)54-52(45)46/h3-35H,1-2H2/b36-18+. The van der Waals surface area contributed by atoms with Crippen molar-refractivity contribution in [2.45, 2.75) is 0 Å². The molecule has 2 nitrogen and oxygen atoms in total. The first-order valence-electron chi connectivity index (χ1n) is 18.2. The highest BCUT2D eigenvalue weighted by atomic mass is 16.3. The fourth-order valence-corrected chi connectivity index (χ4v) is 7.70. The van der Waals surface area contributed by atoms with Gasteiger partial charge in [0.1, 0.15) is 11.2 Å². The van der Waals surface area contributed by atoms with Crippen LogP contribution in [0.3, 0.4) is 0 Å². The van der Waals surface area contributed by atoms with Gasteiger partial charge >= 0.3 is 0 Å². The maximum atomic E-state index is 6.80. The summed E-state index contributed by atoms with van der Waals surface area (Å²) in [5.41, 5.74) is 13.6. The molecule has 0 N–H and O–H groups in total. The van der Waals surface area contributed by atoms with Crippen molar-refractivity contribution in [3.63, 3.8) is 0 Å². The topological polar surface area (TPSA) is 16.4 Å². The minimum atomic E-state index is 0.872. The molecule has 0 radical (unpaired) electrons. The van der Waals surface area contributed by atoms with Crippen molar-refractivity contribution in [3.05, 3.63) is 219 Å². The molecule has 1 heterocycles. The Morgan fingerprint density at radius 3 is 1.78 bits per heavy atom. The summed E-state index contributed by atoms with van der Waals surface area (Å²) < 4.78 is 6.80. The lowest BCUT2D eigenvalue weighted by atomic mass is 9.92. The molecule has 0 unspecified atom stereocenters. The third kappa shape index (κ3) is 5.81. The van der Waals surface area contributed by atoms with Crippen LogP contribution in [0, 0.1) is 0 Å². The van der Waals surface area contributed by atoms with Gasteiger partial charge in [-0.25, -0.2) is 0 Å². The molecule has 256 valence electrons. The zero-order chi connectivity index (χ0) is 36.4. The Balaban J connectivity index is 1.33. The zero-order valence-electron chi connectivity index (χ0n) is 29.8. The summed E-state index contributed by atoms with van der Waals surface area (Å²) >= 11 is 0. The number of fused-ring (bicyclic) bond motifs is 4. The molecule has 0 saturated carbocycles. The van der Waals surface area contributed by atoms with Crippen LogP contribution in [0.15, 0.2) is 218 Å². The van der Waals surface area contributed by atoms with E-state index in [2.05, 4.69) is 200 Å². The lowest BCUT2D eigenvalue weighted by molar-refractivity contribution is 0.670. The summed E-state index contributed by atoms with van der Waals surface area (Å²) in [7, 11) is 0. The normalized spacial score (nSPS) is 11.6. The van der Waals surface area contributed by atoms with Gasteiger partial charge in [-0.05, 0) is 75.0 Å². The third-order valence-corrected chi connectivity index (χ3v) is 10.2. The van der Waals surface area contributed by atoms with Crippen molar-refractivity contribution in [2.24, 2.45) is 0 Å². The number of allylic oxidation sites excluding steroid dienone is 4. The Kier molecular flexibility index (Phi) is 8.55. The molecule has 0 fully saturated rings. The smallest absolute Gasteiger partial charge is 0.143 e. The van der Waals surface area contributed by atoms with Crippen molar-refractivity contribution in [3.8, 4) is 33.4 Å². The maximum Gasteiger partial charge on any atom is 0.143 e. The highest BCUT2D eigenvalue weighted by Crippen LogP contribution is 2.48. The van der Waals surface area contributed by atoms with Crippen LogP contribution in [0.4, 0.5) is 17.1 Å². The summed E-state index contributed by atoms with van der Waals surface area (Å²) in [6.07, 6.45) is 5.74. The van der Waals surface area contributed by atoms with Crippen molar-refractivity contribution in [1.29, 1.82) is 0 Å². The molecule has 0 bridgehead atoms. The molecule has 0 atom stereocenters. The number of rotatable bonds is 9. The van der Waals surface area contributed by atoms with Gasteiger partial charge in [0.15, 0.2) is 0 Å². The summed E-state index contributed by atoms with van der Waals surface area (Å²) in [4.78, 5) is 2.40. The molecule has 0 saturated heterocycles. The van der Waals surface area contributed by atoms with Crippen molar-refractivity contribution in [1.82, 2.24) is 0 Å². The predicted octanol–water partition coefficient (Wildman–Crippen LogP) is 15.0. The molecule has 8 aromatic carbocycles. The monoisotopic (exact) mass is 691 g/mol. The van der Waals surface area contributed by atoms with Crippen molar-refractivity contribution >= 4 is 55.3 Å². The van der Waals surface area contributed by atoms with Gasteiger partial charge in [0.25, 0.3) is 0 Å². The highest BCUT2D eigenvalue weighted by Gasteiger charge is 2.23. The van der Waals surface area contributed by atoms with Crippen LogP contribution in [0.5, 0.6) is 0 Å². The fourth-order valence-electron chi connectivity index (χ4n) is 7.70.